The first-order valence-corrected chi connectivity index (χ1v) is 7.72. The number of hydrogen-bond acceptors (Lipinski definition) is 5. The minimum absolute atomic E-state index is 0.263. The fraction of sp³-hybridized carbons (Fsp3) is 0.385. The smallest absolute Gasteiger partial charge is 0.254 e. The highest BCUT2D eigenvalue weighted by molar-refractivity contribution is 7.99. The van der Waals surface area contributed by atoms with Crippen LogP contribution in [0.3, 0.4) is 0 Å². The predicted molar refractivity (Wildman–Crippen MR) is 79.0 cm³/mol. The van der Waals surface area contributed by atoms with Crippen molar-refractivity contribution in [3.05, 3.63) is 33.5 Å². The molecule has 0 saturated carbocycles. The fourth-order valence-electron chi connectivity index (χ4n) is 2.50. The monoisotopic (exact) mass is 306 g/mol. The topological polar surface area (TPSA) is 82.4 Å². The van der Waals surface area contributed by atoms with Crippen molar-refractivity contribution in [2.45, 2.75) is 18.3 Å². The highest BCUT2D eigenvalue weighted by Gasteiger charge is 2.37. The molecule has 0 bridgehead atoms. The Kier molecular flexibility index (Phi) is 3.40. The maximum atomic E-state index is 12.3. The lowest BCUT2D eigenvalue weighted by molar-refractivity contribution is 0.503. The number of aromatic nitrogens is 3. The van der Waals surface area contributed by atoms with Crippen molar-refractivity contribution in [3.63, 3.8) is 0 Å². The second-order valence-electron chi connectivity index (χ2n) is 4.75. The Hall–Kier alpha value is -1.58. The van der Waals surface area contributed by atoms with E-state index in [-0.39, 0.29) is 10.7 Å². The number of nitriles is 1. The molecule has 102 valence electrons. The molecule has 1 N–H and O–H groups in total. The average Bonchev–Trinajstić information content (AvgIpc) is 2.47. The van der Waals surface area contributed by atoms with E-state index in [0.29, 0.717) is 29.4 Å². The zero-order valence-electron chi connectivity index (χ0n) is 10.5. The molecule has 2 aromatic heterocycles. The van der Waals surface area contributed by atoms with E-state index < -0.39 is 5.41 Å². The summed E-state index contributed by atoms with van der Waals surface area (Å²) >= 11 is 7.85. The van der Waals surface area contributed by atoms with Gasteiger partial charge in [-0.2, -0.15) is 17.0 Å². The number of halogens is 1. The van der Waals surface area contributed by atoms with E-state index in [9.17, 15) is 10.1 Å². The van der Waals surface area contributed by atoms with Crippen LogP contribution in [0, 0.1) is 11.3 Å². The summed E-state index contributed by atoms with van der Waals surface area (Å²) in [5.41, 5.74) is -0.117. The van der Waals surface area contributed by atoms with Crippen LogP contribution in [0.5, 0.6) is 0 Å². The van der Waals surface area contributed by atoms with E-state index in [1.54, 1.807) is 17.8 Å². The SMILES string of the molecule is N#CC1(c2cc3c(Cl)ncnc3[nH]c2=O)CCSCC1. The standard InChI is InChI=1S/C13H11ClN4OS/c14-10-8-5-9(12(19)18-11(8)17-7-16-10)13(6-15)1-3-20-4-2-13/h5,7H,1-4H2,(H,16,17,18,19). The second-order valence-corrected chi connectivity index (χ2v) is 6.33. The molecule has 7 heteroatoms. The average molecular weight is 307 g/mol. The van der Waals surface area contributed by atoms with Crippen LogP contribution in [0.25, 0.3) is 11.0 Å². The number of nitrogens with zero attached hydrogens (tertiary/aromatic N) is 3. The molecule has 1 aliphatic heterocycles. The van der Waals surface area contributed by atoms with Gasteiger partial charge in [0.25, 0.3) is 5.56 Å². The number of hydrogen-bond donors (Lipinski definition) is 1. The number of thioether (sulfide) groups is 1. The number of fused-ring (bicyclic) bond motifs is 1. The van der Waals surface area contributed by atoms with Gasteiger partial charge in [0.2, 0.25) is 0 Å². The van der Waals surface area contributed by atoms with E-state index in [1.807, 2.05) is 0 Å². The number of H-pyrrole nitrogens is 1. The molecule has 3 rings (SSSR count). The Morgan fingerprint density at radius 1 is 1.40 bits per heavy atom. The Morgan fingerprint density at radius 2 is 2.15 bits per heavy atom. The van der Waals surface area contributed by atoms with Gasteiger partial charge in [-0.15, -0.1) is 0 Å². The van der Waals surface area contributed by atoms with Crippen molar-refractivity contribution in [1.29, 1.82) is 5.26 Å². The third-order valence-electron chi connectivity index (χ3n) is 3.68. The van der Waals surface area contributed by atoms with Crippen LogP contribution >= 0.6 is 23.4 Å². The zero-order valence-corrected chi connectivity index (χ0v) is 12.1. The van der Waals surface area contributed by atoms with Gasteiger partial charge in [0, 0.05) is 5.56 Å². The van der Waals surface area contributed by atoms with E-state index in [4.69, 9.17) is 11.6 Å². The molecule has 1 fully saturated rings. The van der Waals surface area contributed by atoms with Gasteiger partial charge >= 0.3 is 0 Å². The predicted octanol–water partition coefficient (Wildman–Crippen LogP) is 2.26. The molecule has 0 spiro atoms. The van der Waals surface area contributed by atoms with E-state index in [0.717, 1.165) is 11.5 Å². The van der Waals surface area contributed by atoms with Crippen molar-refractivity contribution in [2.75, 3.05) is 11.5 Å². The molecule has 0 atom stereocenters. The molecule has 1 aliphatic rings. The summed E-state index contributed by atoms with van der Waals surface area (Å²) in [6.45, 7) is 0. The van der Waals surface area contributed by atoms with Crippen molar-refractivity contribution < 1.29 is 0 Å². The Balaban J connectivity index is 2.25. The maximum Gasteiger partial charge on any atom is 0.254 e. The third kappa shape index (κ3) is 2.07. The van der Waals surface area contributed by atoms with Crippen molar-refractivity contribution in [3.8, 4) is 6.07 Å². The van der Waals surface area contributed by atoms with Gasteiger partial charge in [-0.25, -0.2) is 9.97 Å². The lowest BCUT2D eigenvalue weighted by Crippen LogP contribution is -2.35. The highest BCUT2D eigenvalue weighted by Crippen LogP contribution is 2.37. The van der Waals surface area contributed by atoms with Gasteiger partial charge in [0.1, 0.15) is 17.1 Å². The van der Waals surface area contributed by atoms with Gasteiger partial charge in [-0.3, -0.25) is 4.79 Å². The molecule has 0 amide bonds. The van der Waals surface area contributed by atoms with Crippen LogP contribution < -0.4 is 5.56 Å². The molecule has 0 unspecified atom stereocenters. The summed E-state index contributed by atoms with van der Waals surface area (Å²) < 4.78 is 0. The summed E-state index contributed by atoms with van der Waals surface area (Å²) in [7, 11) is 0. The maximum absolute atomic E-state index is 12.3. The lowest BCUT2D eigenvalue weighted by Gasteiger charge is -2.30. The lowest BCUT2D eigenvalue weighted by atomic mass is 9.77. The number of aromatic amines is 1. The highest BCUT2D eigenvalue weighted by atomic mass is 35.5. The largest absolute Gasteiger partial charge is 0.306 e. The second kappa shape index (κ2) is 5.08. The summed E-state index contributed by atoms with van der Waals surface area (Å²) in [5, 5.41) is 10.4. The van der Waals surface area contributed by atoms with Crippen molar-refractivity contribution in [2.24, 2.45) is 0 Å². The van der Waals surface area contributed by atoms with Gasteiger partial charge in [-0.05, 0) is 30.4 Å². The molecule has 0 radical (unpaired) electrons. The molecule has 2 aromatic rings. The Morgan fingerprint density at radius 3 is 2.85 bits per heavy atom. The normalized spacial score (nSPS) is 17.8. The van der Waals surface area contributed by atoms with Crippen LogP contribution in [0.4, 0.5) is 0 Å². The third-order valence-corrected chi connectivity index (χ3v) is 4.96. The van der Waals surface area contributed by atoms with E-state index in [1.165, 1.54) is 6.33 Å². The van der Waals surface area contributed by atoms with Gasteiger partial charge in [0.15, 0.2) is 0 Å². The van der Waals surface area contributed by atoms with Crippen LogP contribution in [0.2, 0.25) is 5.15 Å². The van der Waals surface area contributed by atoms with Gasteiger partial charge in [0.05, 0.1) is 16.9 Å². The van der Waals surface area contributed by atoms with E-state index in [2.05, 4.69) is 21.0 Å². The van der Waals surface area contributed by atoms with Crippen LogP contribution in [-0.4, -0.2) is 26.5 Å². The minimum Gasteiger partial charge on any atom is -0.306 e. The molecule has 20 heavy (non-hydrogen) atoms. The molecule has 0 aromatic carbocycles. The van der Waals surface area contributed by atoms with Crippen molar-refractivity contribution >= 4 is 34.4 Å². The first kappa shape index (κ1) is 13.4. The zero-order chi connectivity index (χ0) is 14.2. The Bertz CT molecular complexity index is 761. The Labute approximate surface area is 124 Å². The quantitative estimate of drug-likeness (QED) is 0.817. The van der Waals surface area contributed by atoms with Crippen LogP contribution in [0.15, 0.2) is 17.2 Å². The molecule has 0 aliphatic carbocycles. The molecule has 1 saturated heterocycles. The number of rotatable bonds is 1. The first-order valence-electron chi connectivity index (χ1n) is 6.19. The van der Waals surface area contributed by atoms with Crippen molar-refractivity contribution in [1.82, 2.24) is 15.0 Å². The summed E-state index contributed by atoms with van der Waals surface area (Å²) in [6, 6.07) is 4.02. The molecular weight excluding hydrogens is 296 g/mol. The van der Waals surface area contributed by atoms with Gasteiger partial charge in [-0.1, -0.05) is 11.6 Å². The van der Waals surface area contributed by atoms with Crippen LogP contribution in [-0.2, 0) is 5.41 Å². The van der Waals surface area contributed by atoms with E-state index >= 15 is 0 Å². The summed E-state index contributed by atoms with van der Waals surface area (Å²) in [5.74, 6) is 1.76. The summed E-state index contributed by atoms with van der Waals surface area (Å²) in [4.78, 5) is 22.9. The van der Waals surface area contributed by atoms with Gasteiger partial charge < -0.3 is 4.98 Å². The minimum atomic E-state index is -0.730. The molecule has 5 nitrogen and oxygen atoms in total. The first-order chi connectivity index (χ1) is 9.66. The molecule has 3 heterocycles. The number of pyridine rings is 1. The number of nitrogens with one attached hydrogen (secondary N) is 1. The van der Waals surface area contributed by atoms with Crippen LogP contribution in [0.1, 0.15) is 18.4 Å². The summed E-state index contributed by atoms with van der Waals surface area (Å²) in [6.07, 6.45) is 2.65. The fourth-order valence-corrected chi connectivity index (χ4v) is 3.88. The molecular formula is C13H11ClN4OS.